The first kappa shape index (κ1) is 26.3. The fourth-order valence-electron chi connectivity index (χ4n) is 4.13. The molecule has 3 fully saturated rings. The molecule has 1 aliphatic carbocycles. The highest BCUT2D eigenvalue weighted by molar-refractivity contribution is 5.85. The van der Waals surface area contributed by atoms with Crippen LogP contribution in [0.2, 0.25) is 0 Å². The summed E-state index contributed by atoms with van der Waals surface area (Å²) in [5.74, 6) is 1.21. The third-order valence-electron chi connectivity index (χ3n) is 5.88. The van der Waals surface area contributed by atoms with Crippen molar-refractivity contribution in [3.63, 3.8) is 0 Å². The number of nitrogens with two attached hydrogens (primary N) is 1. The molecular weight excluding hydrogens is 392 g/mol. The van der Waals surface area contributed by atoms with Gasteiger partial charge in [0.1, 0.15) is 0 Å². The second kappa shape index (κ2) is 16.0. The van der Waals surface area contributed by atoms with Crippen LogP contribution in [-0.2, 0) is 9.59 Å². The van der Waals surface area contributed by atoms with Gasteiger partial charge >= 0.3 is 0 Å². The van der Waals surface area contributed by atoms with Gasteiger partial charge in [-0.2, -0.15) is 5.26 Å². The zero-order valence-electron chi connectivity index (χ0n) is 18.7. The highest BCUT2D eigenvalue weighted by Crippen LogP contribution is 2.23. The lowest BCUT2D eigenvalue weighted by Gasteiger charge is -2.23. The van der Waals surface area contributed by atoms with Gasteiger partial charge in [-0.1, -0.05) is 25.7 Å². The number of amides is 2. The van der Waals surface area contributed by atoms with Crippen LogP contribution in [0.4, 0.5) is 0 Å². The number of likely N-dealkylation sites (tertiary alicyclic amines) is 2. The Labute approximate surface area is 187 Å². The molecule has 2 aliphatic heterocycles. The van der Waals surface area contributed by atoms with Gasteiger partial charge in [0.25, 0.3) is 0 Å². The molecule has 3 N–H and O–H groups in total. The largest absolute Gasteiger partial charge is 0.369 e. The van der Waals surface area contributed by atoms with E-state index in [0.717, 1.165) is 58.3 Å². The minimum absolute atomic E-state index is 0.132. The van der Waals surface area contributed by atoms with Crippen LogP contribution < -0.4 is 11.1 Å². The zero-order valence-corrected chi connectivity index (χ0v) is 18.7. The molecule has 2 saturated heterocycles. The van der Waals surface area contributed by atoms with E-state index in [1.54, 1.807) is 11.1 Å². The molecule has 0 spiro atoms. The summed E-state index contributed by atoms with van der Waals surface area (Å²) in [5, 5.41) is 10.6. The van der Waals surface area contributed by atoms with Gasteiger partial charge in [0, 0.05) is 32.6 Å². The Bertz CT molecular complexity index is 628. The van der Waals surface area contributed by atoms with Crippen molar-refractivity contribution < 1.29 is 9.59 Å². The molecule has 2 heterocycles. The summed E-state index contributed by atoms with van der Waals surface area (Å²) in [6.07, 6.45) is 22.2. The van der Waals surface area contributed by atoms with Gasteiger partial charge in [-0.05, 0) is 44.4 Å². The Morgan fingerprint density at radius 2 is 1.68 bits per heavy atom. The normalized spacial score (nSPS) is 19.8. The minimum atomic E-state index is 0.132. The molecule has 3 rings (SSSR count). The van der Waals surface area contributed by atoms with Crippen LogP contribution in [0.25, 0.3) is 0 Å². The van der Waals surface area contributed by atoms with Gasteiger partial charge < -0.3 is 15.5 Å². The molecular formula is C23H38N6O2. The molecule has 0 aromatic carbocycles. The molecule has 8 nitrogen and oxygen atoms in total. The number of nitrogens with one attached hydrogen (secondary N) is 1. The fourth-order valence-corrected chi connectivity index (χ4v) is 4.13. The molecule has 3 aliphatic rings. The number of nitriles is 1. The van der Waals surface area contributed by atoms with Crippen molar-refractivity contribution in [3.8, 4) is 19.0 Å². The SMILES string of the molecule is C#C.N#CNC(N)=NCC1CCCCC1.O=C(CN1CCCCCC1=O)N1CCCC1. The van der Waals surface area contributed by atoms with Crippen LogP contribution in [-0.4, -0.2) is 60.3 Å². The first-order chi connectivity index (χ1) is 15.1. The number of terminal acetylenes is 1. The maximum atomic E-state index is 11.9. The van der Waals surface area contributed by atoms with E-state index >= 15 is 0 Å². The highest BCUT2D eigenvalue weighted by atomic mass is 16.2. The van der Waals surface area contributed by atoms with Gasteiger partial charge in [0.2, 0.25) is 17.8 Å². The average Bonchev–Trinajstić information content (AvgIpc) is 3.27. The predicted octanol–water partition coefficient (Wildman–Crippen LogP) is 2.21. The van der Waals surface area contributed by atoms with Crippen molar-refractivity contribution in [3.05, 3.63) is 0 Å². The lowest BCUT2D eigenvalue weighted by Crippen LogP contribution is -2.41. The van der Waals surface area contributed by atoms with Gasteiger partial charge in [-0.15, -0.1) is 12.8 Å². The zero-order chi connectivity index (χ0) is 22.9. The molecule has 0 unspecified atom stereocenters. The molecule has 0 radical (unpaired) electrons. The summed E-state index contributed by atoms with van der Waals surface area (Å²) >= 11 is 0. The van der Waals surface area contributed by atoms with E-state index < -0.39 is 0 Å². The van der Waals surface area contributed by atoms with Crippen molar-refractivity contribution in [1.29, 1.82) is 5.26 Å². The Hall–Kier alpha value is -2.74. The summed E-state index contributed by atoms with van der Waals surface area (Å²) in [4.78, 5) is 31.4. The lowest BCUT2D eigenvalue weighted by molar-refractivity contribution is -0.139. The summed E-state index contributed by atoms with van der Waals surface area (Å²) in [5.41, 5.74) is 5.42. The van der Waals surface area contributed by atoms with Crippen molar-refractivity contribution in [2.45, 2.75) is 70.6 Å². The van der Waals surface area contributed by atoms with Gasteiger partial charge in [-0.3, -0.25) is 19.9 Å². The first-order valence-electron chi connectivity index (χ1n) is 11.4. The van der Waals surface area contributed by atoms with Gasteiger partial charge in [-0.25, -0.2) is 0 Å². The Kier molecular flexibility index (Phi) is 13.6. The molecule has 0 aromatic heterocycles. The van der Waals surface area contributed by atoms with Crippen molar-refractivity contribution in [1.82, 2.24) is 15.1 Å². The van der Waals surface area contributed by atoms with Crippen molar-refractivity contribution in [2.75, 3.05) is 32.7 Å². The van der Waals surface area contributed by atoms with Gasteiger partial charge in [0.05, 0.1) is 6.54 Å². The number of guanidine groups is 1. The third-order valence-corrected chi connectivity index (χ3v) is 5.88. The van der Waals surface area contributed by atoms with E-state index in [1.807, 2.05) is 4.90 Å². The smallest absolute Gasteiger partial charge is 0.242 e. The van der Waals surface area contributed by atoms with E-state index in [1.165, 1.54) is 32.1 Å². The van der Waals surface area contributed by atoms with E-state index in [4.69, 9.17) is 11.0 Å². The number of carbonyl (C=O) groups excluding carboxylic acids is 2. The number of aliphatic imine (C=N–C) groups is 1. The topological polar surface area (TPSA) is 115 Å². The second-order valence-corrected chi connectivity index (χ2v) is 8.18. The molecule has 8 heteroatoms. The van der Waals surface area contributed by atoms with Crippen molar-refractivity contribution >= 4 is 17.8 Å². The van der Waals surface area contributed by atoms with Crippen LogP contribution in [0, 0.1) is 30.2 Å². The third kappa shape index (κ3) is 10.7. The average molecular weight is 431 g/mol. The number of hydrogen-bond acceptors (Lipinski definition) is 4. The number of carbonyl (C=O) groups is 2. The van der Waals surface area contributed by atoms with Crippen LogP contribution in [0.3, 0.4) is 0 Å². The second-order valence-electron chi connectivity index (χ2n) is 8.18. The van der Waals surface area contributed by atoms with Crippen LogP contribution >= 0.6 is 0 Å². The Balaban J connectivity index is 0.000000293. The van der Waals surface area contributed by atoms with E-state index in [0.29, 0.717) is 18.9 Å². The van der Waals surface area contributed by atoms with Crippen LogP contribution in [0.5, 0.6) is 0 Å². The molecule has 31 heavy (non-hydrogen) atoms. The standard InChI is InChI=1S/C12H20N2O2.C9H16N4.C2H2/c15-11-6-2-1-3-9-14(11)10-12(16)13-7-4-5-8-13;10-7-13-9(11)12-6-8-4-2-1-3-5-8;1-2/h1-10H2;8H,1-6H2,(H3,11,12,13);1-2H. The predicted molar refractivity (Wildman–Crippen MR) is 123 cm³/mol. The van der Waals surface area contributed by atoms with E-state index in [9.17, 15) is 9.59 Å². The minimum Gasteiger partial charge on any atom is -0.369 e. The fraction of sp³-hybridized carbons (Fsp3) is 0.739. The Morgan fingerprint density at radius 3 is 2.32 bits per heavy atom. The highest BCUT2D eigenvalue weighted by Gasteiger charge is 2.23. The molecule has 0 bridgehead atoms. The maximum absolute atomic E-state index is 11.9. The van der Waals surface area contributed by atoms with Crippen LogP contribution in [0.15, 0.2) is 4.99 Å². The maximum Gasteiger partial charge on any atom is 0.242 e. The quantitative estimate of drug-likeness (QED) is 0.233. The molecule has 1 saturated carbocycles. The summed E-state index contributed by atoms with van der Waals surface area (Å²) in [6.45, 7) is 3.58. The lowest BCUT2D eigenvalue weighted by atomic mass is 9.89. The first-order valence-corrected chi connectivity index (χ1v) is 11.4. The van der Waals surface area contributed by atoms with E-state index in [2.05, 4.69) is 23.2 Å². The van der Waals surface area contributed by atoms with Gasteiger partial charge in [0.15, 0.2) is 6.19 Å². The summed E-state index contributed by atoms with van der Waals surface area (Å²) in [6, 6.07) is 0. The number of hydrogen-bond donors (Lipinski definition) is 2. The summed E-state index contributed by atoms with van der Waals surface area (Å²) < 4.78 is 0. The number of nitrogens with zero attached hydrogens (tertiary/aromatic N) is 4. The molecule has 0 atom stereocenters. The number of rotatable bonds is 4. The molecule has 172 valence electrons. The molecule has 2 amide bonds. The van der Waals surface area contributed by atoms with E-state index in [-0.39, 0.29) is 17.8 Å². The van der Waals surface area contributed by atoms with Crippen molar-refractivity contribution in [2.24, 2.45) is 16.6 Å². The molecule has 0 aromatic rings. The Morgan fingerprint density at radius 1 is 1.06 bits per heavy atom. The summed E-state index contributed by atoms with van der Waals surface area (Å²) in [7, 11) is 0. The van der Waals surface area contributed by atoms with Crippen LogP contribution in [0.1, 0.15) is 70.6 Å². The monoisotopic (exact) mass is 430 g/mol.